The molecule has 1 heterocycles. The Bertz CT molecular complexity index is 524. The molecule has 1 amide bonds. The number of aromatic nitrogens is 1. The summed E-state index contributed by atoms with van der Waals surface area (Å²) in [4.78, 5) is 24.5. The van der Waals surface area contributed by atoms with Gasteiger partial charge in [0.15, 0.2) is 0 Å². The van der Waals surface area contributed by atoms with E-state index in [0.29, 0.717) is 5.69 Å². The molecule has 118 valence electrons. The first kappa shape index (κ1) is 17.3. The van der Waals surface area contributed by atoms with Crippen molar-refractivity contribution in [2.75, 3.05) is 0 Å². The standard InChI is InChI=1S/C16H26N2O3/c1-10(2)13(15(20)21-16(4,5)6)17-14(19)12-9-8-11(3)18(12)7/h8-10,13H,1-7H3,(H,17,19)/t13-/m1/s1. The highest BCUT2D eigenvalue weighted by atomic mass is 16.6. The fourth-order valence-electron chi connectivity index (χ4n) is 1.92. The Morgan fingerprint density at radius 2 is 1.81 bits per heavy atom. The van der Waals surface area contributed by atoms with Gasteiger partial charge in [-0.25, -0.2) is 4.79 Å². The molecule has 0 bridgehead atoms. The van der Waals surface area contributed by atoms with Gasteiger partial charge >= 0.3 is 5.97 Å². The first-order chi connectivity index (χ1) is 9.53. The highest BCUT2D eigenvalue weighted by Crippen LogP contribution is 2.13. The van der Waals surface area contributed by atoms with Crippen LogP contribution in [0.2, 0.25) is 0 Å². The number of ether oxygens (including phenoxy) is 1. The second-order valence-electron chi connectivity index (χ2n) is 6.65. The molecule has 0 aliphatic carbocycles. The smallest absolute Gasteiger partial charge is 0.329 e. The van der Waals surface area contributed by atoms with Crippen molar-refractivity contribution in [1.82, 2.24) is 9.88 Å². The number of carbonyl (C=O) groups is 2. The zero-order valence-corrected chi connectivity index (χ0v) is 14.0. The van der Waals surface area contributed by atoms with Crippen LogP contribution in [0.4, 0.5) is 0 Å². The van der Waals surface area contributed by atoms with E-state index in [1.165, 1.54) is 0 Å². The van der Waals surface area contributed by atoms with Gasteiger partial charge in [-0.15, -0.1) is 0 Å². The average Bonchev–Trinajstić information content (AvgIpc) is 2.64. The van der Waals surface area contributed by atoms with Gasteiger partial charge in [0.05, 0.1) is 0 Å². The maximum absolute atomic E-state index is 12.3. The van der Waals surface area contributed by atoms with Gasteiger partial charge in [-0.2, -0.15) is 0 Å². The molecule has 1 atom stereocenters. The Labute approximate surface area is 126 Å². The summed E-state index contributed by atoms with van der Waals surface area (Å²) in [5.74, 6) is -0.725. The lowest BCUT2D eigenvalue weighted by Gasteiger charge is -2.26. The van der Waals surface area contributed by atoms with Gasteiger partial charge in [-0.05, 0) is 45.7 Å². The van der Waals surface area contributed by atoms with E-state index >= 15 is 0 Å². The van der Waals surface area contributed by atoms with E-state index in [1.54, 1.807) is 10.6 Å². The van der Waals surface area contributed by atoms with Crippen molar-refractivity contribution in [3.8, 4) is 0 Å². The minimum Gasteiger partial charge on any atom is -0.458 e. The van der Waals surface area contributed by atoms with Gasteiger partial charge in [-0.3, -0.25) is 4.79 Å². The normalized spacial score (nSPS) is 13.1. The molecule has 0 fully saturated rings. The number of nitrogens with one attached hydrogen (secondary N) is 1. The third-order valence-electron chi connectivity index (χ3n) is 3.22. The molecule has 1 aromatic heterocycles. The Kier molecular flexibility index (Phi) is 5.20. The Balaban J connectivity index is 2.86. The summed E-state index contributed by atoms with van der Waals surface area (Å²) in [5, 5.41) is 2.77. The van der Waals surface area contributed by atoms with Crippen LogP contribution in [0.3, 0.4) is 0 Å². The Morgan fingerprint density at radius 1 is 1.24 bits per heavy atom. The summed E-state index contributed by atoms with van der Waals surface area (Å²) >= 11 is 0. The van der Waals surface area contributed by atoms with Gasteiger partial charge in [0.1, 0.15) is 17.3 Å². The van der Waals surface area contributed by atoms with Gasteiger partial charge in [0, 0.05) is 12.7 Å². The van der Waals surface area contributed by atoms with Gasteiger partial charge in [0.2, 0.25) is 0 Å². The molecule has 0 aliphatic rings. The third-order valence-corrected chi connectivity index (χ3v) is 3.22. The van der Waals surface area contributed by atoms with E-state index in [-0.39, 0.29) is 11.8 Å². The van der Waals surface area contributed by atoms with Gasteiger partial charge in [0.25, 0.3) is 5.91 Å². The molecule has 0 unspecified atom stereocenters. The summed E-state index contributed by atoms with van der Waals surface area (Å²) < 4.78 is 7.17. The molecule has 1 aromatic rings. The molecule has 0 saturated heterocycles. The predicted octanol–water partition coefficient (Wildman–Crippen LogP) is 2.43. The van der Waals surface area contributed by atoms with Gasteiger partial charge in [-0.1, -0.05) is 13.8 Å². The fourth-order valence-corrected chi connectivity index (χ4v) is 1.92. The van der Waals surface area contributed by atoms with Crippen molar-refractivity contribution in [3.63, 3.8) is 0 Å². The van der Waals surface area contributed by atoms with Crippen LogP contribution in [-0.2, 0) is 16.6 Å². The predicted molar refractivity (Wildman–Crippen MR) is 82.1 cm³/mol. The summed E-state index contributed by atoms with van der Waals surface area (Å²) in [7, 11) is 1.82. The number of nitrogens with zero attached hydrogens (tertiary/aromatic N) is 1. The van der Waals surface area contributed by atoms with Crippen molar-refractivity contribution in [2.24, 2.45) is 13.0 Å². The minimum atomic E-state index is -0.660. The van der Waals surface area contributed by atoms with Crippen LogP contribution in [0.1, 0.15) is 50.8 Å². The van der Waals surface area contributed by atoms with Crippen LogP contribution in [-0.4, -0.2) is 28.1 Å². The molecule has 1 N–H and O–H groups in total. The first-order valence-corrected chi connectivity index (χ1v) is 7.19. The van der Waals surface area contributed by atoms with E-state index in [4.69, 9.17) is 4.74 Å². The van der Waals surface area contributed by atoms with Crippen LogP contribution in [0.25, 0.3) is 0 Å². The topological polar surface area (TPSA) is 60.3 Å². The molecule has 5 heteroatoms. The Morgan fingerprint density at radius 3 is 2.19 bits per heavy atom. The average molecular weight is 294 g/mol. The molecule has 0 spiro atoms. The quantitative estimate of drug-likeness (QED) is 0.868. The molecular formula is C16H26N2O3. The highest BCUT2D eigenvalue weighted by Gasteiger charge is 2.29. The van der Waals surface area contributed by atoms with Crippen molar-refractivity contribution >= 4 is 11.9 Å². The number of esters is 1. The second kappa shape index (κ2) is 6.33. The SMILES string of the molecule is Cc1ccc(C(=O)N[C@@H](C(=O)OC(C)(C)C)C(C)C)n1C. The molecule has 5 nitrogen and oxygen atoms in total. The molecule has 21 heavy (non-hydrogen) atoms. The largest absolute Gasteiger partial charge is 0.458 e. The van der Waals surface area contributed by atoms with Crippen molar-refractivity contribution in [1.29, 1.82) is 0 Å². The molecular weight excluding hydrogens is 268 g/mol. The minimum absolute atomic E-state index is 0.0508. The lowest BCUT2D eigenvalue weighted by atomic mass is 10.0. The number of hydrogen-bond donors (Lipinski definition) is 1. The van der Waals surface area contributed by atoms with E-state index in [9.17, 15) is 9.59 Å². The van der Waals surface area contributed by atoms with Crippen molar-refractivity contribution in [2.45, 2.75) is 53.2 Å². The van der Waals surface area contributed by atoms with E-state index in [1.807, 2.05) is 54.7 Å². The zero-order valence-electron chi connectivity index (χ0n) is 14.0. The molecule has 0 aromatic carbocycles. The molecule has 0 radical (unpaired) electrons. The summed E-state index contributed by atoms with van der Waals surface area (Å²) in [6.07, 6.45) is 0. The van der Waals surface area contributed by atoms with Crippen LogP contribution < -0.4 is 5.32 Å². The maximum atomic E-state index is 12.3. The molecule has 0 aliphatic heterocycles. The van der Waals surface area contributed by atoms with Crippen molar-refractivity contribution in [3.05, 3.63) is 23.5 Å². The third kappa shape index (κ3) is 4.62. The molecule has 0 saturated carbocycles. The number of carbonyl (C=O) groups excluding carboxylic acids is 2. The van der Waals surface area contributed by atoms with Crippen LogP contribution >= 0.6 is 0 Å². The number of amides is 1. The highest BCUT2D eigenvalue weighted by molar-refractivity contribution is 5.95. The molecule has 1 rings (SSSR count). The summed E-state index contributed by atoms with van der Waals surface area (Å²) in [6, 6.07) is 2.95. The first-order valence-electron chi connectivity index (χ1n) is 7.19. The lowest BCUT2D eigenvalue weighted by Crippen LogP contribution is -2.47. The maximum Gasteiger partial charge on any atom is 0.329 e. The fraction of sp³-hybridized carbons (Fsp3) is 0.625. The summed E-state index contributed by atoms with van der Waals surface area (Å²) in [6.45, 7) is 11.1. The zero-order chi connectivity index (χ0) is 16.4. The number of rotatable bonds is 4. The van der Waals surface area contributed by atoms with E-state index < -0.39 is 17.6 Å². The monoisotopic (exact) mass is 294 g/mol. The number of aryl methyl sites for hydroxylation is 1. The second-order valence-corrected chi connectivity index (χ2v) is 6.65. The Hall–Kier alpha value is -1.78. The lowest BCUT2D eigenvalue weighted by molar-refractivity contribution is -0.158. The van der Waals surface area contributed by atoms with Crippen LogP contribution in [0.5, 0.6) is 0 Å². The van der Waals surface area contributed by atoms with Crippen LogP contribution in [0.15, 0.2) is 12.1 Å². The van der Waals surface area contributed by atoms with E-state index in [2.05, 4.69) is 5.32 Å². The number of hydrogen-bond acceptors (Lipinski definition) is 3. The van der Waals surface area contributed by atoms with Gasteiger partial charge < -0.3 is 14.6 Å². The van der Waals surface area contributed by atoms with Crippen molar-refractivity contribution < 1.29 is 14.3 Å². The van der Waals surface area contributed by atoms with E-state index in [0.717, 1.165) is 5.69 Å². The van der Waals surface area contributed by atoms with Crippen LogP contribution in [0, 0.1) is 12.8 Å². The summed E-state index contributed by atoms with van der Waals surface area (Å²) in [5.41, 5.74) is 0.941.